The standard InChI is InChI=1S/C19H20N2O3/c1-2-14-7-9-15(10-8-14)17(12-22)21-19(23)13-24-18-6-4-3-5-16(18)11-20/h3-10,17,22H,2,12-13H2,1H3,(H,21,23). The van der Waals surface area contributed by atoms with E-state index in [9.17, 15) is 9.90 Å². The summed E-state index contributed by atoms with van der Waals surface area (Å²) in [4.78, 5) is 12.1. The number of nitrogens with one attached hydrogen (secondary N) is 1. The summed E-state index contributed by atoms with van der Waals surface area (Å²) < 4.78 is 5.39. The molecule has 124 valence electrons. The minimum atomic E-state index is -0.488. The Hall–Kier alpha value is -2.84. The fourth-order valence-electron chi connectivity index (χ4n) is 2.28. The van der Waals surface area contributed by atoms with Crippen LogP contribution in [0.1, 0.15) is 29.7 Å². The first-order valence-electron chi connectivity index (χ1n) is 7.79. The minimum Gasteiger partial charge on any atom is -0.482 e. The van der Waals surface area contributed by atoms with Crippen LogP contribution in [-0.2, 0) is 11.2 Å². The molecule has 0 aromatic heterocycles. The Labute approximate surface area is 141 Å². The summed E-state index contributed by atoms with van der Waals surface area (Å²) in [6, 6.07) is 16.0. The minimum absolute atomic E-state index is 0.202. The number of rotatable bonds is 7. The molecule has 2 aromatic carbocycles. The van der Waals surface area contributed by atoms with Crippen LogP contribution in [0.4, 0.5) is 0 Å². The lowest BCUT2D eigenvalue weighted by Gasteiger charge is -2.17. The number of nitrogens with zero attached hydrogens (tertiary/aromatic N) is 1. The van der Waals surface area contributed by atoms with Crippen LogP contribution in [0, 0.1) is 11.3 Å². The van der Waals surface area contributed by atoms with Gasteiger partial charge < -0.3 is 15.2 Å². The maximum atomic E-state index is 12.1. The number of hydrogen-bond acceptors (Lipinski definition) is 4. The highest BCUT2D eigenvalue weighted by Gasteiger charge is 2.14. The van der Waals surface area contributed by atoms with E-state index in [1.165, 1.54) is 5.56 Å². The molecule has 0 saturated heterocycles. The molecule has 1 atom stereocenters. The Morgan fingerprint density at radius 1 is 1.25 bits per heavy atom. The highest BCUT2D eigenvalue weighted by atomic mass is 16.5. The zero-order valence-corrected chi connectivity index (χ0v) is 13.5. The average Bonchev–Trinajstić information content (AvgIpc) is 2.64. The quantitative estimate of drug-likeness (QED) is 0.819. The van der Waals surface area contributed by atoms with E-state index < -0.39 is 6.04 Å². The van der Waals surface area contributed by atoms with Gasteiger partial charge >= 0.3 is 0 Å². The van der Waals surface area contributed by atoms with Crippen molar-refractivity contribution in [3.8, 4) is 11.8 Å². The Bertz CT molecular complexity index is 720. The lowest BCUT2D eigenvalue weighted by molar-refractivity contribution is -0.124. The number of hydrogen-bond donors (Lipinski definition) is 2. The lowest BCUT2D eigenvalue weighted by atomic mass is 10.0. The van der Waals surface area contributed by atoms with Crippen molar-refractivity contribution in [2.75, 3.05) is 13.2 Å². The molecule has 0 aliphatic heterocycles. The number of ether oxygens (including phenoxy) is 1. The van der Waals surface area contributed by atoms with E-state index in [1.54, 1.807) is 24.3 Å². The third-order valence-electron chi connectivity index (χ3n) is 3.67. The summed E-state index contributed by atoms with van der Waals surface area (Å²) in [6.07, 6.45) is 0.933. The third kappa shape index (κ3) is 4.58. The van der Waals surface area contributed by atoms with Crippen molar-refractivity contribution in [1.29, 1.82) is 5.26 Å². The molecule has 5 heteroatoms. The number of benzene rings is 2. The van der Waals surface area contributed by atoms with Gasteiger partial charge in [0.1, 0.15) is 11.8 Å². The summed E-state index contributed by atoms with van der Waals surface area (Å²) in [7, 11) is 0. The molecule has 0 heterocycles. The summed E-state index contributed by atoms with van der Waals surface area (Å²) in [5.74, 6) is 0.00404. The number of aryl methyl sites for hydroxylation is 1. The predicted octanol–water partition coefficient (Wildman–Crippen LogP) is 2.35. The van der Waals surface area contributed by atoms with Crippen molar-refractivity contribution >= 4 is 5.91 Å². The molecule has 2 N–H and O–H groups in total. The average molecular weight is 324 g/mol. The fraction of sp³-hybridized carbons (Fsp3) is 0.263. The third-order valence-corrected chi connectivity index (χ3v) is 3.67. The van der Waals surface area contributed by atoms with Crippen LogP contribution in [0.3, 0.4) is 0 Å². The van der Waals surface area contributed by atoms with E-state index in [0.717, 1.165) is 12.0 Å². The van der Waals surface area contributed by atoms with Gasteiger partial charge in [-0.25, -0.2) is 0 Å². The van der Waals surface area contributed by atoms with E-state index in [2.05, 4.69) is 12.2 Å². The molecule has 2 rings (SSSR count). The number of carbonyl (C=O) groups excluding carboxylic acids is 1. The predicted molar refractivity (Wildman–Crippen MR) is 90.4 cm³/mol. The van der Waals surface area contributed by atoms with Crippen molar-refractivity contribution < 1.29 is 14.6 Å². The largest absolute Gasteiger partial charge is 0.482 e. The van der Waals surface area contributed by atoms with Crippen LogP contribution in [-0.4, -0.2) is 24.2 Å². The highest BCUT2D eigenvalue weighted by molar-refractivity contribution is 5.78. The highest BCUT2D eigenvalue weighted by Crippen LogP contribution is 2.17. The topological polar surface area (TPSA) is 82.3 Å². The molecule has 5 nitrogen and oxygen atoms in total. The van der Waals surface area contributed by atoms with E-state index >= 15 is 0 Å². The maximum absolute atomic E-state index is 12.1. The van der Waals surface area contributed by atoms with Gasteiger partial charge in [0.2, 0.25) is 0 Å². The van der Waals surface area contributed by atoms with Gasteiger partial charge in [-0.05, 0) is 29.7 Å². The maximum Gasteiger partial charge on any atom is 0.258 e. The molecule has 1 amide bonds. The molecular weight excluding hydrogens is 304 g/mol. The number of aliphatic hydroxyl groups excluding tert-OH is 1. The fourth-order valence-corrected chi connectivity index (χ4v) is 2.28. The summed E-state index contributed by atoms with van der Waals surface area (Å²) in [6.45, 7) is 1.64. The number of carbonyl (C=O) groups is 1. The van der Waals surface area contributed by atoms with E-state index in [0.29, 0.717) is 11.3 Å². The van der Waals surface area contributed by atoms with Gasteiger partial charge in [0.05, 0.1) is 18.2 Å². The molecule has 0 bridgehead atoms. The first kappa shape index (κ1) is 17.5. The Morgan fingerprint density at radius 2 is 1.96 bits per heavy atom. The molecule has 0 fully saturated rings. The molecule has 1 unspecified atom stereocenters. The lowest BCUT2D eigenvalue weighted by Crippen LogP contribution is -2.34. The SMILES string of the molecule is CCc1ccc(C(CO)NC(=O)COc2ccccc2C#N)cc1. The number of aliphatic hydroxyl groups is 1. The van der Waals surface area contributed by atoms with Crippen molar-refractivity contribution in [2.24, 2.45) is 0 Å². The van der Waals surface area contributed by atoms with E-state index in [4.69, 9.17) is 10.00 Å². The van der Waals surface area contributed by atoms with Crippen molar-refractivity contribution in [1.82, 2.24) is 5.32 Å². The summed E-state index contributed by atoms with van der Waals surface area (Å²) in [5, 5.41) is 21.2. The number of nitriles is 1. The second kappa shape index (κ2) is 8.70. The van der Waals surface area contributed by atoms with E-state index in [1.807, 2.05) is 30.3 Å². The normalized spacial score (nSPS) is 11.4. The van der Waals surface area contributed by atoms with Gasteiger partial charge in [-0.1, -0.05) is 43.3 Å². The Morgan fingerprint density at radius 3 is 2.58 bits per heavy atom. The Balaban J connectivity index is 1.95. The van der Waals surface area contributed by atoms with Crippen molar-refractivity contribution in [3.63, 3.8) is 0 Å². The first-order chi connectivity index (χ1) is 11.7. The zero-order valence-electron chi connectivity index (χ0n) is 13.5. The molecule has 24 heavy (non-hydrogen) atoms. The summed E-state index contributed by atoms with van der Waals surface area (Å²) >= 11 is 0. The molecule has 0 saturated carbocycles. The van der Waals surface area contributed by atoms with Gasteiger partial charge in [0.15, 0.2) is 6.61 Å². The molecule has 0 aliphatic carbocycles. The van der Waals surface area contributed by atoms with Crippen LogP contribution in [0.5, 0.6) is 5.75 Å². The van der Waals surface area contributed by atoms with Gasteiger partial charge in [-0.3, -0.25) is 4.79 Å². The van der Waals surface area contributed by atoms with Crippen LogP contribution in [0.25, 0.3) is 0 Å². The first-order valence-corrected chi connectivity index (χ1v) is 7.79. The monoisotopic (exact) mass is 324 g/mol. The second-order valence-corrected chi connectivity index (χ2v) is 5.29. The molecule has 0 radical (unpaired) electrons. The smallest absolute Gasteiger partial charge is 0.258 e. The second-order valence-electron chi connectivity index (χ2n) is 5.29. The van der Waals surface area contributed by atoms with Crippen LogP contribution < -0.4 is 10.1 Å². The van der Waals surface area contributed by atoms with Gasteiger partial charge in [0, 0.05) is 0 Å². The number of amides is 1. The molecule has 2 aromatic rings. The van der Waals surface area contributed by atoms with Crippen LogP contribution in [0.2, 0.25) is 0 Å². The van der Waals surface area contributed by atoms with Crippen molar-refractivity contribution in [2.45, 2.75) is 19.4 Å². The van der Waals surface area contributed by atoms with E-state index in [-0.39, 0.29) is 19.1 Å². The molecular formula is C19H20N2O3. The van der Waals surface area contributed by atoms with Crippen LogP contribution in [0.15, 0.2) is 48.5 Å². The van der Waals surface area contributed by atoms with Crippen LogP contribution >= 0.6 is 0 Å². The van der Waals surface area contributed by atoms with Gasteiger partial charge in [-0.15, -0.1) is 0 Å². The number of para-hydroxylation sites is 1. The molecule has 0 aliphatic rings. The molecule has 0 spiro atoms. The summed E-state index contributed by atoms with van der Waals surface area (Å²) in [5.41, 5.74) is 2.40. The zero-order chi connectivity index (χ0) is 17.4. The van der Waals surface area contributed by atoms with Crippen molar-refractivity contribution in [3.05, 3.63) is 65.2 Å². The van der Waals surface area contributed by atoms with Gasteiger partial charge in [-0.2, -0.15) is 5.26 Å². The Kier molecular flexibility index (Phi) is 6.35. The van der Waals surface area contributed by atoms with Gasteiger partial charge in [0.25, 0.3) is 5.91 Å².